The molecule has 1 aliphatic heterocycles. The van der Waals surface area contributed by atoms with E-state index in [1.807, 2.05) is 13.8 Å². The number of β-amino-alcohol motifs (C(OH)–C–C–N with tert-alkyl or cyclic N) is 1. The molecule has 1 aliphatic rings. The summed E-state index contributed by atoms with van der Waals surface area (Å²) in [7, 11) is 0. The van der Waals surface area contributed by atoms with E-state index < -0.39 is 34.6 Å². The topological polar surface area (TPSA) is 81.2 Å². The molecule has 0 spiro atoms. The zero-order valence-electron chi connectivity index (χ0n) is 18.3. The number of nitrogens with one attached hydrogen (secondary N) is 2. The molecule has 32 heavy (non-hydrogen) atoms. The van der Waals surface area contributed by atoms with Gasteiger partial charge in [-0.05, 0) is 43.7 Å². The summed E-state index contributed by atoms with van der Waals surface area (Å²) in [4.78, 5) is 21.2. The van der Waals surface area contributed by atoms with Crippen LogP contribution in [-0.4, -0.2) is 39.0 Å². The van der Waals surface area contributed by atoms with Crippen molar-refractivity contribution >= 4 is 17.3 Å². The van der Waals surface area contributed by atoms with Crippen LogP contribution in [0.15, 0.2) is 36.5 Å². The highest BCUT2D eigenvalue weighted by molar-refractivity contribution is 6.01. The predicted molar refractivity (Wildman–Crippen MR) is 115 cm³/mol. The van der Waals surface area contributed by atoms with Crippen molar-refractivity contribution in [2.45, 2.75) is 33.3 Å². The van der Waals surface area contributed by atoms with Crippen molar-refractivity contribution in [3.63, 3.8) is 0 Å². The molecule has 0 saturated carbocycles. The zero-order valence-corrected chi connectivity index (χ0v) is 18.3. The molecule has 2 heterocycles. The third-order valence-corrected chi connectivity index (χ3v) is 5.05. The number of hydrogen-bond acceptors (Lipinski definition) is 4. The van der Waals surface area contributed by atoms with Gasteiger partial charge in [0.25, 0.3) is 5.91 Å². The van der Waals surface area contributed by atoms with Crippen molar-refractivity contribution < 1.29 is 23.1 Å². The van der Waals surface area contributed by atoms with Gasteiger partial charge in [0.2, 0.25) is 0 Å². The Bertz CT molecular complexity index is 1140. The van der Waals surface area contributed by atoms with Crippen LogP contribution < -0.4 is 5.32 Å². The number of halogens is 3. The van der Waals surface area contributed by atoms with Crippen molar-refractivity contribution in [3.05, 3.63) is 76.6 Å². The Hall–Kier alpha value is -3.33. The summed E-state index contributed by atoms with van der Waals surface area (Å²) in [5.74, 6) is -3.43. The molecular weight excluding hydrogens is 421 g/mol. The molecule has 3 aromatic rings. The van der Waals surface area contributed by atoms with Crippen LogP contribution in [0.4, 0.5) is 24.5 Å². The van der Waals surface area contributed by atoms with Gasteiger partial charge in [-0.1, -0.05) is 19.9 Å². The number of anilines is 2. The maximum atomic E-state index is 14.5. The number of hydrogen-bond donors (Lipinski definition) is 3. The van der Waals surface area contributed by atoms with Gasteiger partial charge in [-0.15, -0.1) is 0 Å². The SMILES string of the molecule is CC.Cc1ccc(Nc2c(C(=O)N3CC(O)(c4ncc(C)[nH]4)C3)ccc(F)c2F)c(F)c1. The number of aryl methyl sites for hydroxylation is 2. The van der Waals surface area contributed by atoms with Crippen LogP contribution in [0.25, 0.3) is 0 Å². The van der Waals surface area contributed by atoms with E-state index in [1.54, 1.807) is 26.1 Å². The quantitative estimate of drug-likeness (QED) is 0.549. The van der Waals surface area contributed by atoms with Crippen molar-refractivity contribution in [2.24, 2.45) is 0 Å². The predicted octanol–water partition coefficient (Wildman–Crippen LogP) is 4.56. The average Bonchev–Trinajstić information content (AvgIpc) is 3.18. The summed E-state index contributed by atoms with van der Waals surface area (Å²) in [6.07, 6.45) is 1.56. The molecule has 9 heteroatoms. The van der Waals surface area contributed by atoms with Crippen LogP contribution >= 0.6 is 0 Å². The summed E-state index contributed by atoms with van der Waals surface area (Å²) < 4.78 is 42.6. The molecule has 0 aliphatic carbocycles. The molecule has 2 aromatic carbocycles. The number of benzene rings is 2. The Morgan fingerprint density at radius 3 is 2.41 bits per heavy atom. The Morgan fingerprint density at radius 1 is 1.12 bits per heavy atom. The van der Waals surface area contributed by atoms with E-state index in [4.69, 9.17) is 0 Å². The number of aliphatic hydroxyl groups is 1. The average molecular weight is 446 g/mol. The van der Waals surface area contributed by atoms with Crippen LogP contribution in [0.3, 0.4) is 0 Å². The highest BCUT2D eigenvalue weighted by Gasteiger charge is 2.47. The highest BCUT2D eigenvalue weighted by atomic mass is 19.2. The smallest absolute Gasteiger partial charge is 0.256 e. The lowest BCUT2D eigenvalue weighted by Crippen LogP contribution is -2.61. The molecule has 4 rings (SSSR count). The van der Waals surface area contributed by atoms with Crippen molar-refractivity contribution in [2.75, 3.05) is 18.4 Å². The molecule has 1 amide bonds. The Labute approximate surface area is 184 Å². The number of nitrogens with zero attached hydrogens (tertiary/aromatic N) is 2. The van der Waals surface area contributed by atoms with Crippen LogP contribution in [0.2, 0.25) is 0 Å². The Morgan fingerprint density at radius 2 is 1.81 bits per heavy atom. The molecular formula is C23H25F3N4O2. The van der Waals surface area contributed by atoms with Gasteiger partial charge >= 0.3 is 0 Å². The van der Waals surface area contributed by atoms with Crippen LogP contribution in [0.1, 0.15) is 41.3 Å². The molecule has 170 valence electrons. The van der Waals surface area contributed by atoms with Gasteiger partial charge in [-0.2, -0.15) is 0 Å². The number of amides is 1. The lowest BCUT2D eigenvalue weighted by molar-refractivity contribution is -0.0918. The lowest BCUT2D eigenvalue weighted by atomic mass is 9.92. The summed E-state index contributed by atoms with van der Waals surface area (Å²) >= 11 is 0. The Kier molecular flexibility index (Phi) is 6.59. The first-order valence-electron chi connectivity index (χ1n) is 10.2. The first-order chi connectivity index (χ1) is 15.2. The fraction of sp³-hybridized carbons (Fsp3) is 0.304. The number of carbonyl (C=O) groups is 1. The van der Waals surface area contributed by atoms with E-state index in [0.717, 1.165) is 17.8 Å². The number of rotatable bonds is 4. The Balaban J connectivity index is 0.00000141. The molecule has 1 aromatic heterocycles. The first-order valence-corrected chi connectivity index (χ1v) is 10.2. The third-order valence-electron chi connectivity index (χ3n) is 5.05. The number of imidazole rings is 1. The first kappa shape index (κ1) is 23.3. The normalized spacial score (nSPS) is 14.3. The van der Waals surface area contributed by atoms with Gasteiger partial charge in [0, 0.05) is 11.9 Å². The van der Waals surface area contributed by atoms with E-state index in [-0.39, 0.29) is 24.3 Å². The van der Waals surface area contributed by atoms with E-state index in [2.05, 4.69) is 15.3 Å². The maximum absolute atomic E-state index is 14.5. The fourth-order valence-electron chi connectivity index (χ4n) is 3.41. The summed E-state index contributed by atoms with van der Waals surface area (Å²) in [6, 6.07) is 6.18. The molecule has 6 nitrogen and oxygen atoms in total. The summed E-state index contributed by atoms with van der Waals surface area (Å²) in [6.45, 7) is 7.33. The molecule has 3 N–H and O–H groups in total. The fourth-order valence-corrected chi connectivity index (χ4v) is 3.41. The van der Waals surface area contributed by atoms with Gasteiger partial charge in [0.05, 0.1) is 30.0 Å². The molecule has 0 unspecified atom stereocenters. The van der Waals surface area contributed by atoms with E-state index in [0.29, 0.717) is 11.4 Å². The van der Waals surface area contributed by atoms with Gasteiger partial charge in [0.1, 0.15) is 11.6 Å². The van der Waals surface area contributed by atoms with Crippen LogP contribution in [-0.2, 0) is 5.60 Å². The standard InChI is InChI=1S/C21H19F3N4O2.C2H6/c1-11-3-6-16(15(23)7-11)27-18-13(4-5-14(22)17(18)24)19(29)28-9-21(30,10-28)20-25-8-12(2)26-20;1-2/h3-8,27,30H,9-10H2,1-2H3,(H,25,26);1-2H3. The van der Waals surface area contributed by atoms with Gasteiger partial charge in [0.15, 0.2) is 17.2 Å². The number of aromatic amines is 1. The lowest BCUT2D eigenvalue weighted by Gasteiger charge is -2.45. The third kappa shape index (κ3) is 4.34. The van der Waals surface area contributed by atoms with E-state index >= 15 is 0 Å². The number of carbonyl (C=O) groups excluding carboxylic acids is 1. The van der Waals surface area contributed by atoms with E-state index in [9.17, 15) is 23.1 Å². The second kappa shape index (κ2) is 9.04. The minimum absolute atomic E-state index is 0.0733. The van der Waals surface area contributed by atoms with E-state index in [1.165, 1.54) is 17.0 Å². The van der Waals surface area contributed by atoms with Gasteiger partial charge in [-0.3, -0.25) is 4.79 Å². The second-order valence-corrected chi connectivity index (χ2v) is 7.50. The van der Waals surface area contributed by atoms with Crippen LogP contribution in [0.5, 0.6) is 0 Å². The minimum Gasteiger partial charge on any atom is -0.378 e. The van der Waals surface area contributed by atoms with Gasteiger partial charge in [-0.25, -0.2) is 18.2 Å². The van der Waals surface area contributed by atoms with Gasteiger partial charge < -0.3 is 20.3 Å². The number of H-pyrrole nitrogens is 1. The molecule has 1 fully saturated rings. The van der Waals surface area contributed by atoms with Crippen molar-refractivity contribution in [1.29, 1.82) is 0 Å². The maximum Gasteiger partial charge on any atom is 0.256 e. The highest BCUT2D eigenvalue weighted by Crippen LogP contribution is 2.34. The number of aromatic nitrogens is 2. The van der Waals surface area contributed by atoms with Crippen molar-refractivity contribution in [1.82, 2.24) is 14.9 Å². The molecule has 0 atom stereocenters. The van der Waals surface area contributed by atoms with Crippen LogP contribution in [0, 0.1) is 31.3 Å². The molecule has 0 bridgehead atoms. The monoisotopic (exact) mass is 446 g/mol. The minimum atomic E-state index is -1.35. The largest absolute Gasteiger partial charge is 0.378 e. The molecule has 0 radical (unpaired) electrons. The second-order valence-electron chi connectivity index (χ2n) is 7.50. The summed E-state index contributed by atoms with van der Waals surface area (Å²) in [5.41, 5.74) is -0.666. The zero-order chi connectivity index (χ0) is 23.6. The number of likely N-dealkylation sites (tertiary alicyclic amines) is 1. The summed E-state index contributed by atoms with van der Waals surface area (Å²) in [5, 5.41) is 13.1. The molecule has 1 saturated heterocycles. The van der Waals surface area contributed by atoms with Crippen molar-refractivity contribution in [3.8, 4) is 0 Å².